The molecular formula is C39H46N4. The Morgan fingerprint density at radius 3 is 2.65 bits per heavy atom. The van der Waals surface area contributed by atoms with Crippen molar-refractivity contribution in [2.45, 2.75) is 66.2 Å². The van der Waals surface area contributed by atoms with Crippen LogP contribution in [0.25, 0.3) is 0 Å². The van der Waals surface area contributed by atoms with Crippen LogP contribution in [-0.2, 0) is 0 Å². The fourth-order valence-corrected chi connectivity index (χ4v) is 4.05. The van der Waals surface area contributed by atoms with E-state index in [0.29, 0.717) is 5.82 Å². The van der Waals surface area contributed by atoms with Crippen LogP contribution in [0.1, 0.15) is 66.2 Å². The van der Waals surface area contributed by atoms with Crippen molar-refractivity contribution in [3.05, 3.63) is 161 Å². The van der Waals surface area contributed by atoms with Crippen LogP contribution in [0.15, 0.2) is 171 Å². The van der Waals surface area contributed by atoms with Gasteiger partial charge in [0.2, 0.25) is 0 Å². The number of hydrogen-bond acceptors (Lipinski definition) is 4. The van der Waals surface area contributed by atoms with Gasteiger partial charge in [0.25, 0.3) is 0 Å². The molecule has 0 saturated heterocycles. The predicted molar refractivity (Wildman–Crippen MR) is 188 cm³/mol. The van der Waals surface area contributed by atoms with Crippen molar-refractivity contribution in [1.82, 2.24) is 10.6 Å². The number of aliphatic imine (C=N–C) groups is 2. The maximum absolute atomic E-state index is 4.55. The third-order valence-electron chi connectivity index (χ3n) is 6.35. The second kappa shape index (κ2) is 20.1. The van der Waals surface area contributed by atoms with Crippen molar-refractivity contribution in [3.63, 3.8) is 0 Å². The van der Waals surface area contributed by atoms with Crippen LogP contribution in [-0.4, -0.2) is 11.9 Å². The molecular weight excluding hydrogens is 524 g/mol. The Balaban J connectivity index is 1.97. The highest BCUT2D eigenvalue weighted by molar-refractivity contribution is 6.09. The van der Waals surface area contributed by atoms with E-state index < -0.39 is 0 Å². The summed E-state index contributed by atoms with van der Waals surface area (Å²) in [5.74, 6) is 0.533. The van der Waals surface area contributed by atoms with Gasteiger partial charge in [0.15, 0.2) is 0 Å². The van der Waals surface area contributed by atoms with Gasteiger partial charge >= 0.3 is 0 Å². The summed E-state index contributed by atoms with van der Waals surface area (Å²) in [7, 11) is 0. The summed E-state index contributed by atoms with van der Waals surface area (Å²) < 4.78 is 0. The molecule has 0 aromatic rings. The minimum Gasteiger partial charge on any atom is -0.358 e. The number of hydrogen-bond donors (Lipinski definition) is 2. The summed E-state index contributed by atoms with van der Waals surface area (Å²) in [4.78, 5) is 9.09. The molecule has 0 amide bonds. The molecule has 2 N–H and O–H groups in total. The van der Waals surface area contributed by atoms with E-state index in [1.807, 2.05) is 61.7 Å². The van der Waals surface area contributed by atoms with E-state index in [-0.39, 0.29) is 0 Å². The lowest BCUT2D eigenvalue weighted by molar-refractivity contribution is 0.861. The normalized spacial score (nSPS) is 14.8. The van der Waals surface area contributed by atoms with Gasteiger partial charge in [-0.1, -0.05) is 77.3 Å². The smallest absolute Gasteiger partial charge is 0.123 e. The molecule has 0 fully saturated rings. The summed E-state index contributed by atoms with van der Waals surface area (Å²) in [6.07, 6.45) is 33.0. The van der Waals surface area contributed by atoms with Gasteiger partial charge in [-0.15, -0.1) is 17.2 Å². The first-order valence-electron chi connectivity index (χ1n) is 15.0. The van der Waals surface area contributed by atoms with Crippen molar-refractivity contribution < 1.29 is 0 Å². The van der Waals surface area contributed by atoms with Gasteiger partial charge < -0.3 is 10.6 Å². The Bertz CT molecular complexity index is 1490. The second-order valence-corrected chi connectivity index (χ2v) is 9.94. The summed E-state index contributed by atoms with van der Waals surface area (Å²) in [5.41, 5.74) is 17.6. The minimum absolute atomic E-state index is 0.533. The molecule has 0 radical (unpaired) electrons. The van der Waals surface area contributed by atoms with Gasteiger partial charge in [-0.3, -0.25) is 4.99 Å². The Morgan fingerprint density at radius 1 is 1.07 bits per heavy atom. The Hall–Kier alpha value is -4.84. The van der Waals surface area contributed by atoms with Crippen molar-refractivity contribution in [2.24, 2.45) is 9.98 Å². The molecule has 0 heterocycles. The quantitative estimate of drug-likeness (QED) is 0.104. The van der Waals surface area contributed by atoms with E-state index in [1.54, 1.807) is 12.3 Å². The first-order chi connectivity index (χ1) is 20.9. The zero-order valence-electron chi connectivity index (χ0n) is 26.3. The molecule has 0 aliphatic heterocycles. The highest BCUT2D eigenvalue weighted by atomic mass is 15.0. The third kappa shape index (κ3) is 13.6. The second-order valence-electron chi connectivity index (χ2n) is 9.94. The van der Waals surface area contributed by atoms with Crippen LogP contribution in [0, 0.1) is 0 Å². The van der Waals surface area contributed by atoms with Gasteiger partial charge in [-0.2, -0.15) is 0 Å². The lowest BCUT2D eigenvalue weighted by Gasteiger charge is -2.10. The third-order valence-corrected chi connectivity index (χ3v) is 6.35. The number of nitrogens with zero attached hydrogens (tertiary/aromatic N) is 2. The van der Waals surface area contributed by atoms with E-state index in [9.17, 15) is 0 Å². The Kier molecular flexibility index (Phi) is 16.1. The van der Waals surface area contributed by atoms with Gasteiger partial charge in [-0.25, -0.2) is 4.99 Å². The van der Waals surface area contributed by atoms with Crippen LogP contribution >= 0.6 is 0 Å². The molecule has 0 saturated carbocycles. The molecule has 222 valence electrons. The molecule has 0 spiro atoms. The number of rotatable bonds is 17. The van der Waals surface area contributed by atoms with Gasteiger partial charge in [-0.05, 0) is 80.6 Å². The molecule has 4 nitrogen and oxygen atoms in total. The maximum Gasteiger partial charge on any atom is 0.123 e. The van der Waals surface area contributed by atoms with Crippen LogP contribution < -0.4 is 10.6 Å². The zero-order chi connectivity index (χ0) is 31.3. The monoisotopic (exact) mass is 570 g/mol. The fraction of sp³-hybridized carbons (Fsp3) is 0.256. The fourth-order valence-electron chi connectivity index (χ4n) is 4.05. The van der Waals surface area contributed by atoms with Crippen molar-refractivity contribution in [3.8, 4) is 0 Å². The molecule has 2 aliphatic rings. The lowest BCUT2D eigenvalue weighted by atomic mass is 10.1. The topological polar surface area (TPSA) is 48.8 Å². The van der Waals surface area contributed by atoms with E-state index >= 15 is 0 Å². The summed E-state index contributed by atoms with van der Waals surface area (Å²) in [6, 6.07) is 0. The van der Waals surface area contributed by atoms with E-state index in [2.05, 4.69) is 96.5 Å². The molecule has 4 heteroatoms. The predicted octanol–water partition coefficient (Wildman–Crippen LogP) is 9.86. The van der Waals surface area contributed by atoms with Crippen molar-refractivity contribution >= 4 is 11.9 Å². The van der Waals surface area contributed by atoms with Crippen LogP contribution in [0.3, 0.4) is 0 Å². The molecule has 0 atom stereocenters. The molecule has 0 aromatic carbocycles. The van der Waals surface area contributed by atoms with E-state index in [1.165, 1.54) is 11.1 Å². The first-order valence-corrected chi connectivity index (χ1v) is 15.0. The number of nitrogens with one attached hydrogen (secondary N) is 2. The van der Waals surface area contributed by atoms with Gasteiger partial charge in [0.1, 0.15) is 5.82 Å². The Labute approximate surface area is 259 Å². The SMILES string of the molecule is C=C/C(=N/C=C\CCC1=CC=C(NC(=C)/N=C/C2=C(N/C(C)=C\CC)C=C=CC=C2)C=C=C1)C(=C)C=C=C(CC)CCC. The zero-order valence-corrected chi connectivity index (χ0v) is 26.3. The average Bonchev–Trinajstić information content (AvgIpc) is 3.36. The summed E-state index contributed by atoms with van der Waals surface area (Å²) in [6.45, 7) is 20.6. The van der Waals surface area contributed by atoms with Crippen molar-refractivity contribution in [2.75, 3.05) is 0 Å². The largest absolute Gasteiger partial charge is 0.358 e. The molecule has 43 heavy (non-hydrogen) atoms. The highest BCUT2D eigenvalue weighted by Gasteiger charge is 2.03. The highest BCUT2D eigenvalue weighted by Crippen LogP contribution is 2.13. The number of allylic oxidation sites excluding steroid dienone is 14. The minimum atomic E-state index is 0.533. The van der Waals surface area contributed by atoms with Gasteiger partial charge in [0.05, 0.1) is 11.4 Å². The van der Waals surface area contributed by atoms with E-state index in [4.69, 9.17) is 0 Å². The lowest BCUT2D eigenvalue weighted by Crippen LogP contribution is -2.12. The summed E-state index contributed by atoms with van der Waals surface area (Å²) in [5, 5.41) is 6.69. The van der Waals surface area contributed by atoms with Crippen LogP contribution in [0.2, 0.25) is 0 Å². The van der Waals surface area contributed by atoms with Crippen LogP contribution in [0.4, 0.5) is 0 Å². The first kappa shape index (κ1) is 34.4. The molecule has 2 aliphatic carbocycles. The molecule has 2 rings (SSSR count). The van der Waals surface area contributed by atoms with Crippen LogP contribution in [0.5, 0.6) is 0 Å². The van der Waals surface area contributed by atoms with Crippen molar-refractivity contribution in [1.29, 1.82) is 0 Å². The maximum atomic E-state index is 4.55. The molecule has 0 bridgehead atoms. The standard InChI is InChI=1S/C39H46N4/c1-8-18-32(6)42-39-24-14-12-13-22-36(39)30-41-33(7)43-37-23-17-21-35(27-28-37)20-15-16-29-40-38(11-4)31(5)25-26-34(10-3)19-9-2/h11-13,16,18,21-25,27-30,42-43H,4-5,7-10,15,19-20H2,1-3,6H3/b29-16-,32-18-,40-38-,41-30+. The average molecular weight is 571 g/mol. The molecule has 0 unspecified atom stereocenters. The Morgan fingerprint density at radius 2 is 1.91 bits per heavy atom. The molecule has 0 aromatic heterocycles. The van der Waals surface area contributed by atoms with Gasteiger partial charge in [0, 0.05) is 47.1 Å². The summed E-state index contributed by atoms with van der Waals surface area (Å²) >= 11 is 0. The van der Waals surface area contributed by atoms with E-state index in [0.717, 1.165) is 72.5 Å².